The van der Waals surface area contributed by atoms with Gasteiger partial charge in [0.05, 0.1) is 16.6 Å². The Balaban J connectivity index is 1.95. The number of carbonyl (C=O) groups is 3. The molecule has 0 saturated carbocycles. The fourth-order valence-electron chi connectivity index (χ4n) is 5.54. The minimum Gasteiger partial charge on any atom is -0.461 e. The Labute approximate surface area is 195 Å². The van der Waals surface area contributed by atoms with Crippen LogP contribution in [0.15, 0.2) is 25.3 Å². The summed E-state index contributed by atoms with van der Waals surface area (Å²) in [6.07, 6.45) is 7.82. The first-order chi connectivity index (χ1) is 15.5. The summed E-state index contributed by atoms with van der Waals surface area (Å²) in [7, 11) is 0. The SMILES string of the molecule is C=CCOC(=O)[C@@H]1[C@@H]2CCC3(S2)C(C(=O)N(CC=C)CCCC)N(CCCCO)C(=O)[C@H]13. The Hall–Kier alpha value is -1.80. The lowest BCUT2D eigenvalue weighted by Gasteiger charge is -2.37. The number of nitrogens with zero attached hydrogens (tertiary/aromatic N) is 2. The molecule has 0 aromatic heterocycles. The molecule has 2 amide bonds. The molecule has 3 rings (SSSR count). The van der Waals surface area contributed by atoms with E-state index in [0.29, 0.717) is 32.5 Å². The summed E-state index contributed by atoms with van der Waals surface area (Å²) in [6.45, 7) is 11.1. The molecule has 0 aromatic rings. The van der Waals surface area contributed by atoms with Crippen LogP contribution in [0.1, 0.15) is 45.4 Å². The van der Waals surface area contributed by atoms with Crippen LogP contribution in [-0.2, 0) is 19.1 Å². The zero-order chi connectivity index (χ0) is 23.3. The molecular weight excluding hydrogens is 428 g/mol. The van der Waals surface area contributed by atoms with Gasteiger partial charge < -0.3 is 19.6 Å². The summed E-state index contributed by atoms with van der Waals surface area (Å²) >= 11 is 1.65. The second kappa shape index (κ2) is 10.9. The van der Waals surface area contributed by atoms with Crippen LogP contribution in [0.5, 0.6) is 0 Å². The number of aliphatic hydroxyl groups excluding tert-OH is 1. The van der Waals surface area contributed by atoms with Gasteiger partial charge in [-0.05, 0) is 32.1 Å². The van der Waals surface area contributed by atoms with Gasteiger partial charge in [-0.2, -0.15) is 0 Å². The highest BCUT2D eigenvalue weighted by Gasteiger charge is 2.74. The van der Waals surface area contributed by atoms with Crippen molar-refractivity contribution in [3.8, 4) is 0 Å². The van der Waals surface area contributed by atoms with Crippen molar-refractivity contribution in [1.29, 1.82) is 0 Å². The summed E-state index contributed by atoms with van der Waals surface area (Å²) in [5, 5.41) is 9.24. The van der Waals surface area contributed by atoms with Gasteiger partial charge in [-0.25, -0.2) is 0 Å². The van der Waals surface area contributed by atoms with Crippen LogP contribution in [0.3, 0.4) is 0 Å². The molecule has 32 heavy (non-hydrogen) atoms. The van der Waals surface area contributed by atoms with E-state index in [1.807, 2.05) is 4.90 Å². The van der Waals surface area contributed by atoms with Gasteiger partial charge in [-0.15, -0.1) is 18.3 Å². The lowest BCUT2D eigenvalue weighted by Crippen LogP contribution is -2.55. The molecule has 3 fully saturated rings. The second-order valence-electron chi connectivity index (χ2n) is 8.86. The van der Waals surface area contributed by atoms with Gasteiger partial charge in [0, 0.05) is 31.5 Å². The number of rotatable bonds is 13. The van der Waals surface area contributed by atoms with Crippen molar-refractivity contribution in [1.82, 2.24) is 9.80 Å². The quantitative estimate of drug-likeness (QED) is 0.256. The van der Waals surface area contributed by atoms with Gasteiger partial charge in [-0.3, -0.25) is 14.4 Å². The first kappa shape index (κ1) is 24.8. The first-order valence-electron chi connectivity index (χ1n) is 11.7. The monoisotopic (exact) mass is 464 g/mol. The molecule has 7 nitrogen and oxygen atoms in total. The summed E-state index contributed by atoms with van der Waals surface area (Å²) in [5.41, 5.74) is 0. The number of carbonyl (C=O) groups excluding carboxylic acids is 3. The van der Waals surface area contributed by atoms with Crippen molar-refractivity contribution in [2.75, 3.05) is 32.8 Å². The fourth-order valence-corrected chi connectivity index (χ4v) is 7.74. The van der Waals surface area contributed by atoms with Crippen molar-refractivity contribution >= 4 is 29.5 Å². The third-order valence-corrected chi connectivity index (χ3v) is 8.85. The average molecular weight is 465 g/mol. The van der Waals surface area contributed by atoms with E-state index in [1.165, 1.54) is 6.08 Å². The van der Waals surface area contributed by atoms with Crippen molar-refractivity contribution in [2.45, 2.75) is 61.5 Å². The molecule has 3 aliphatic heterocycles. The summed E-state index contributed by atoms with van der Waals surface area (Å²) in [4.78, 5) is 44.0. The number of likely N-dealkylation sites (tertiary alicyclic amines) is 1. The number of ether oxygens (including phenoxy) is 1. The second-order valence-corrected chi connectivity index (χ2v) is 10.5. The van der Waals surface area contributed by atoms with Crippen molar-refractivity contribution in [3.05, 3.63) is 25.3 Å². The highest BCUT2D eigenvalue weighted by molar-refractivity contribution is 8.02. The predicted molar refractivity (Wildman–Crippen MR) is 125 cm³/mol. The summed E-state index contributed by atoms with van der Waals surface area (Å²) in [6, 6.07) is -0.595. The molecule has 1 spiro atoms. The van der Waals surface area contributed by atoms with Crippen LogP contribution >= 0.6 is 11.8 Å². The molecule has 3 heterocycles. The van der Waals surface area contributed by atoms with E-state index in [1.54, 1.807) is 22.7 Å². The summed E-state index contributed by atoms with van der Waals surface area (Å²) in [5.74, 6) is -1.59. The van der Waals surface area contributed by atoms with Crippen LogP contribution < -0.4 is 0 Å². The Morgan fingerprint density at radius 1 is 1.31 bits per heavy atom. The van der Waals surface area contributed by atoms with E-state index in [0.717, 1.165) is 25.7 Å². The maximum Gasteiger partial charge on any atom is 0.311 e. The maximum atomic E-state index is 13.9. The number of unbranched alkanes of at least 4 members (excludes halogenated alkanes) is 2. The number of esters is 1. The minimum atomic E-state index is -0.596. The number of aliphatic hydroxyl groups is 1. The van der Waals surface area contributed by atoms with E-state index in [2.05, 4.69) is 20.1 Å². The van der Waals surface area contributed by atoms with E-state index in [9.17, 15) is 19.5 Å². The van der Waals surface area contributed by atoms with Gasteiger partial charge in [0.15, 0.2) is 0 Å². The standard InChI is InChI=1S/C24H36N2O5S/c1-4-7-13-25(12-5-2)22(29)20-24-11-10-17(32-24)18(23(30)31-16-6-3)19(24)21(28)26(20)14-8-9-15-27/h5-6,17-20,27H,2-4,7-16H2,1H3/t17-,18+,19-,20?,24?/m0/s1. The number of amides is 2. The number of fused-ring (bicyclic) bond motifs is 1. The molecule has 3 saturated heterocycles. The average Bonchev–Trinajstić information content (AvgIpc) is 3.42. The zero-order valence-electron chi connectivity index (χ0n) is 19.0. The van der Waals surface area contributed by atoms with Gasteiger partial charge in [0.2, 0.25) is 11.8 Å². The smallest absolute Gasteiger partial charge is 0.311 e. The van der Waals surface area contributed by atoms with E-state index < -0.39 is 22.6 Å². The van der Waals surface area contributed by atoms with E-state index in [4.69, 9.17) is 4.74 Å². The molecule has 0 radical (unpaired) electrons. The lowest BCUT2D eigenvalue weighted by atomic mass is 9.71. The molecule has 0 aliphatic carbocycles. The normalized spacial score (nSPS) is 30.3. The molecule has 8 heteroatoms. The van der Waals surface area contributed by atoms with Crippen LogP contribution in [-0.4, -0.2) is 81.6 Å². The molecule has 5 atom stereocenters. The largest absolute Gasteiger partial charge is 0.461 e. The van der Waals surface area contributed by atoms with Gasteiger partial charge in [0.25, 0.3) is 0 Å². The molecular formula is C24H36N2O5S. The van der Waals surface area contributed by atoms with Crippen LogP contribution in [0, 0.1) is 11.8 Å². The predicted octanol–water partition coefficient (Wildman–Crippen LogP) is 2.39. The Morgan fingerprint density at radius 3 is 2.75 bits per heavy atom. The van der Waals surface area contributed by atoms with Crippen molar-refractivity contribution in [3.63, 3.8) is 0 Å². The first-order valence-corrected chi connectivity index (χ1v) is 12.6. The maximum absolute atomic E-state index is 13.9. The highest BCUT2D eigenvalue weighted by atomic mass is 32.2. The van der Waals surface area contributed by atoms with Crippen LogP contribution in [0.2, 0.25) is 0 Å². The molecule has 2 unspecified atom stereocenters. The number of hydrogen-bond donors (Lipinski definition) is 1. The van der Waals surface area contributed by atoms with E-state index >= 15 is 0 Å². The Kier molecular flexibility index (Phi) is 8.44. The van der Waals surface area contributed by atoms with Crippen molar-refractivity contribution < 1.29 is 24.2 Å². The molecule has 178 valence electrons. The van der Waals surface area contributed by atoms with Gasteiger partial charge in [-0.1, -0.05) is 32.1 Å². The molecule has 0 aromatic carbocycles. The van der Waals surface area contributed by atoms with Crippen LogP contribution in [0.25, 0.3) is 0 Å². The van der Waals surface area contributed by atoms with Crippen molar-refractivity contribution in [2.24, 2.45) is 11.8 Å². The molecule has 2 bridgehead atoms. The highest BCUT2D eigenvalue weighted by Crippen LogP contribution is 2.66. The topological polar surface area (TPSA) is 87.2 Å². The number of thioether (sulfide) groups is 1. The lowest BCUT2D eigenvalue weighted by molar-refractivity contribution is -0.153. The molecule has 3 aliphatic rings. The fraction of sp³-hybridized carbons (Fsp3) is 0.708. The Morgan fingerprint density at radius 2 is 2.09 bits per heavy atom. The summed E-state index contributed by atoms with van der Waals surface area (Å²) < 4.78 is 4.77. The van der Waals surface area contributed by atoms with Gasteiger partial charge >= 0.3 is 5.97 Å². The molecule has 1 N–H and O–H groups in total. The number of hydrogen-bond acceptors (Lipinski definition) is 6. The third kappa shape index (κ3) is 4.36. The third-order valence-electron chi connectivity index (χ3n) is 6.90. The van der Waals surface area contributed by atoms with E-state index in [-0.39, 0.29) is 36.2 Å². The minimum absolute atomic E-state index is 0.000321. The Bertz CT molecular complexity index is 744. The van der Waals surface area contributed by atoms with Gasteiger partial charge in [0.1, 0.15) is 12.6 Å². The zero-order valence-corrected chi connectivity index (χ0v) is 19.9. The van der Waals surface area contributed by atoms with Crippen LogP contribution in [0.4, 0.5) is 0 Å².